The third-order valence-corrected chi connectivity index (χ3v) is 4.57. The van der Waals surface area contributed by atoms with Gasteiger partial charge >= 0.3 is 0 Å². The summed E-state index contributed by atoms with van der Waals surface area (Å²) in [6, 6.07) is 11.7. The van der Waals surface area contributed by atoms with E-state index in [0.717, 1.165) is 5.56 Å². The van der Waals surface area contributed by atoms with Crippen molar-refractivity contribution in [1.29, 1.82) is 0 Å². The number of benzene rings is 2. The molecule has 6 nitrogen and oxygen atoms in total. The first kappa shape index (κ1) is 18.1. The minimum atomic E-state index is -3.86. The van der Waals surface area contributed by atoms with Gasteiger partial charge in [-0.1, -0.05) is 31.2 Å². The summed E-state index contributed by atoms with van der Waals surface area (Å²) in [6.07, 6.45) is 0.524. The van der Waals surface area contributed by atoms with E-state index in [0.29, 0.717) is 29.8 Å². The quantitative estimate of drug-likeness (QED) is 0.837. The molecule has 0 aliphatic rings. The molecule has 0 heterocycles. The number of primary sulfonamides is 1. The molecule has 0 aliphatic carbocycles. The van der Waals surface area contributed by atoms with Crippen molar-refractivity contribution < 1.29 is 17.9 Å². The van der Waals surface area contributed by atoms with Crippen molar-refractivity contribution in [2.75, 3.05) is 12.4 Å². The smallest absolute Gasteiger partial charge is 0.256 e. The van der Waals surface area contributed by atoms with Crippen molar-refractivity contribution in [2.24, 2.45) is 5.14 Å². The maximum Gasteiger partial charge on any atom is 0.256 e. The second kappa shape index (κ2) is 7.57. The van der Waals surface area contributed by atoms with Gasteiger partial charge in [-0.2, -0.15) is 0 Å². The summed E-state index contributed by atoms with van der Waals surface area (Å²) >= 11 is 0. The maximum atomic E-state index is 12.5. The van der Waals surface area contributed by atoms with E-state index in [4.69, 9.17) is 9.88 Å². The van der Waals surface area contributed by atoms with Gasteiger partial charge in [0.05, 0.1) is 11.5 Å². The first-order valence-electron chi connectivity index (χ1n) is 7.40. The predicted molar refractivity (Wildman–Crippen MR) is 92.3 cm³/mol. The Kier molecular flexibility index (Phi) is 5.71. The number of hydrogen-bond donors (Lipinski definition) is 2. The average Bonchev–Trinajstić information content (AvgIpc) is 2.54. The van der Waals surface area contributed by atoms with E-state index in [1.165, 1.54) is 6.07 Å². The van der Waals surface area contributed by atoms with Crippen molar-refractivity contribution in [3.8, 4) is 0 Å². The molecule has 0 atom stereocenters. The molecule has 0 aliphatic heterocycles. The number of rotatable bonds is 6. The highest BCUT2D eigenvalue weighted by atomic mass is 32.2. The highest BCUT2D eigenvalue weighted by Crippen LogP contribution is 2.21. The number of carbonyl (C=O) groups is 1. The highest BCUT2D eigenvalue weighted by Gasteiger charge is 2.16. The van der Waals surface area contributed by atoms with Crippen LogP contribution < -0.4 is 10.5 Å². The maximum absolute atomic E-state index is 12.5. The number of methoxy groups -OCH3 is 1. The molecule has 0 spiro atoms. The summed E-state index contributed by atoms with van der Waals surface area (Å²) in [5, 5.41) is 7.96. The van der Waals surface area contributed by atoms with E-state index < -0.39 is 10.0 Å². The Hall–Kier alpha value is -2.22. The van der Waals surface area contributed by atoms with Gasteiger partial charge in [0.2, 0.25) is 10.0 Å². The number of hydrogen-bond acceptors (Lipinski definition) is 4. The van der Waals surface area contributed by atoms with Gasteiger partial charge in [-0.15, -0.1) is 0 Å². The molecule has 1 amide bonds. The van der Waals surface area contributed by atoms with Crippen LogP contribution in [0.4, 0.5) is 5.69 Å². The largest absolute Gasteiger partial charge is 0.380 e. The van der Waals surface area contributed by atoms with Gasteiger partial charge in [-0.3, -0.25) is 4.79 Å². The van der Waals surface area contributed by atoms with Crippen LogP contribution in [0.1, 0.15) is 28.4 Å². The van der Waals surface area contributed by atoms with Gasteiger partial charge in [0, 0.05) is 18.4 Å². The van der Waals surface area contributed by atoms with Gasteiger partial charge in [0.25, 0.3) is 5.91 Å². The first-order chi connectivity index (χ1) is 11.4. The molecule has 0 saturated heterocycles. The number of nitrogens with one attached hydrogen (secondary N) is 1. The van der Waals surface area contributed by atoms with Crippen LogP contribution in [-0.2, 0) is 27.8 Å². The standard InChI is InChI=1S/C17H20N2O4S/c1-3-12-8-9-14(10-16(12)24(18,21)22)19-17(20)15-7-5-4-6-13(15)11-23-2/h4-10H,3,11H2,1-2H3,(H,19,20)(H2,18,21,22). The molecular formula is C17H20N2O4S. The molecule has 0 radical (unpaired) electrons. The molecule has 7 heteroatoms. The molecule has 0 aromatic heterocycles. The molecule has 0 bridgehead atoms. The zero-order valence-electron chi connectivity index (χ0n) is 13.6. The van der Waals surface area contributed by atoms with Gasteiger partial charge < -0.3 is 10.1 Å². The van der Waals surface area contributed by atoms with Crippen LogP contribution in [0.25, 0.3) is 0 Å². The number of amides is 1. The summed E-state index contributed by atoms with van der Waals surface area (Å²) in [7, 11) is -2.30. The molecule has 0 saturated carbocycles. The van der Waals surface area contributed by atoms with Gasteiger partial charge in [0.15, 0.2) is 0 Å². The Morgan fingerprint density at radius 3 is 2.50 bits per heavy atom. The summed E-state index contributed by atoms with van der Waals surface area (Å²) in [4.78, 5) is 12.5. The number of aryl methyl sites for hydroxylation is 1. The normalized spacial score (nSPS) is 11.3. The second-order valence-corrected chi connectivity index (χ2v) is 6.80. The molecule has 2 aromatic rings. The van der Waals surface area contributed by atoms with Gasteiger partial charge in [-0.05, 0) is 35.7 Å². The molecule has 2 rings (SSSR count). The molecule has 3 N–H and O–H groups in total. The second-order valence-electron chi connectivity index (χ2n) is 5.27. The van der Waals surface area contributed by atoms with E-state index in [9.17, 15) is 13.2 Å². The van der Waals surface area contributed by atoms with E-state index in [1.807, 2.05) is 13.0 Å². The summed E-state index contributed by atoms with van der Waals surface area (Å²) in [6.45, 7) is 2.14. The van der Waals surface area contributed by atoms with E-state index >= 15 is 0 Å². The van der Waals surface area contributed by atoms with Crippen molar-refractivity contribution in [3.63, 3.8) is 0 Å². The van der Waals surface area contributed by atoms with Crippen LogP contribution >= 0.6 is 0 Å². The number of ether oxygens (including phenoxy) is 1. The first-order valence-corrected chi connectivity index (χ1v) is 8.95. The van der Waals surface area contributed by atoms with Crippen molar-refractivity contribution >= 4 is 21.6 Å². The minimum Gasteiger partial charge on any atom is -0.380 e. The van der Waals surface area contributed by atoms with E-state index in [2.05, 4.69) is 5.32 Å². The summed E-state index contributed by atoms with van der Waals surface area (Å²) in [5.41, 5.74) is 2.19. The predicted octanol–water partition coefficient (Wildman–Crippen LogP) is 2.30. The fourth-order valence-corrected chi connectivity index (χ4v) is 3.28. The fourth-order valence-electron chi connectivity index (χ4n) is 2.41. The zero-order valence-corrected chi connectivity index (χ0v) is 14.4. The lowest BCUT2D eigenvalue weighted by molar-refractivity contribution is 0.102. The summed E-state index contributed by atoms with van der Waals surface area (Å²) in [5.74, 6) is -0.340. The Balaban J connectivity index is 2.33. The van der Waals surface area contributed by atoms with Crippen LogP contribution in [0.15, 0.2) is 47.4 Å². The van der Waals surface area contributed by atoms with Crippen LogP contribution in [0.5, 0.6) is 0 Å². The molecular weight excluding hydrogens is 328 g/mol. The third kappa shape index (κ3) is 4.19. The van der Waals surface area contributed by atoms with Crippen molar-refractivity contribution in [1.82, 2.24) is 0 Å². The molecule has 0 unspecified atom stereocenters. The molecule has 0 fully saturated rings. The van der Waals surface area contributed by atoms with E-state index in [1.54, 1.807) is 37.4 Å². The van der Waals surface area contributed by atoms with Crippen molar-refractivity contribution in [3.05, 3.63) is 59.2 Å². The minimum absolute atomic E-state index is 0.0213. The Morgan fingerprint density at radius 1 is 1.17 bits per heavy atom. The number of carbonyl (C=O) groups excluding carboxylic acids is 1. The van der Waals surface area contributed by atoms with Crippen LogP contribution in [-0.4, -0.2) is 21.4 Å². The zero-order chi connectivity index (χ0) is 17.7. The van der Waals surface area contributed by atoms with Crippen LogP contribution in [0.2, 0.25) is 0 Å². The lowest BCUT2D eigenvalue weighted by Gasteiger charge is -2.12. The number of nitrogens with two attached hydrogens (primary N) is 1. The SMILES string of the molecule is CCc1ccc(NC(=O)c2ccccc2COC)cc1S(N)(=O)=O. The lowest BCUT2D eigenvalue weighted by atomic mass is 10.1. The van der Waals surface area contributed by atoms with Gasteiger partial charge in [-0.25, -0.2) is 13.6 Å². The lowest BCUT2D eigenvalue weighted by Crippen LogP contribution is -2.17. The van der Waals surface area contributed by atoms with Crippen LogP contribution in [0, 0.1) is 0 Å². The number of sulfonamides is 1. The van der Waals surface area contributed by atoms with E-state index in [-0.39, 0.29) is 10.8 Å². The molecule has 128 valence electrons. The van der Waals surface area contributed by atoms with Gasteiger partial charge in [0.1, 0.15) is 0 Å². The monoisotopic (exact) mass is 348 g/mol. The highest BCUT2D eigenvalue weighted by molar-refractivity contribution is 7.89. The Labute approximate surface area is 141 Å². The van der Waals surface area contributed by atoms with Crippen molar-refractivity contribution in [2.45, 2.75) is 24.8 Å². The Morgan fingerprint density at radius 2 is 1.88 bits per heavy atom. The fraction of sp³-hybridized carbons (Fsp3) is 0.235. The Bertz CT molecular complexity index is 847. The summed E-state index contributed by atoms with van der Waals surface area (Å²) < 4.78 is 28.5. The molecule has 2 aromatic carbocycles. The third-order valence-electron chi connectivity index (χ3n) is 3.57. The van der Waals surface area contributed by atoms with Crippen LogP contribution in [0.3, 0.4) is 0 Å². The molecule has 24 heavy (non-hydrogen) atoms. The number of anilines is 1. The average molecular weight is 348 g/mol. The topological polar surface area (TPSA) is 98.5 Å².